The number of pyridine rings is 2. The van der Waals surface area contributed by atoms with Gasteiger partial charge in [0.1, 0.15) is 5.75 Å². The number of nitrogens with zero attached hydrogens (tertiary/aromatic N) is 7. The maximum absolute atomic E-state index is 9.53. The lowest BCUT2D eigenvalue weighted by Crippen LogP contribution is -2.23. The van der Waals surface area contributed by atoms with Crippen molar-refractivity contribution in [2.45, 2.75) is 39.2 Å². The molecule has 0 unspecified atom stereocenters. The molecule has 5 aromatic rings. The summed E-state index contributed by atoms with van der Waals surface area (Å²) in [6.45, 7) is 7.68. The first-order valence-corrected chi connectivity index (χ1v) is 12.3. The van der Waals surface area contributed by atoms with Crippen molar-refractivity contribution in [3.63, 3.8) is 0 Å². The molecule has 0 spiro atoms. The zero-order valence-corrected chi connectivity index (χ0v) is 22.0. The molecule has 38 heavy (non-hydrogen) atoms. The van der Waals surface area contributed by atoms with Crippen LogP contribution in [0.5, 0.6) is 5.75 Å². The van der Waals surface area contributed by atoms with Crippen LogP contribution in [0.15, 0.2) is 72.0 Å². The fourth-order valence-electron chi connectivity index (χ4n) is 4.60. The fourth-order valence-corrected chi connectivity index (χ4v) is 4.60. The third-order valence-electron chi connectivity index (χ3n) is 6.54. The monoisotopic (exact) mass is 501 g/mol. The Bertz CT molecular complexity index is 1830. The first-order valence-electron chi connectivity index (χ1n) is 12.3. The van der Waals surface area contributed by atoms with Crippen LogP contribution in [0, 0.1) is 22.8 Å². The molecular weight excluding hydrogens is 474 g/mol. The van der Waals surface area contributed by atoms with Crippen LogP contribution in [-0.2, 0) is 12.5 Å². The molecular formula is C30H27N7O. The van der Waals surface area contributed by atoms with Gasteiger partial charge < -0.3 is 9.30 Å². The molecule has 0 bridgehead atoms. The molecule has 0 fully saturated rings. The standard InChI is InChI=1S/C30H27N7O/c1-19(2)38-26-9-7-6-8-22(26)20-10-12-24-23(14-20)28-25(16-33-24)36(5)29(35-18-32)37(28)21-11-13-27(34-15-21)30(3,4)17-31/h6-16,19H,1-5H3/b35-29-. The quantitative estimate of drug-likeness (QED) is 0.294. The van der Waals surface area contributed by atoms with Crippen molar-refractivity contribution in [1.82, 2.24) is 19.1 Å². The number of para-hydroxylation sites is 1. The van der Waals surface area contributed by atoms with Crippen LogP contribution < -0.4 is 10.4 Å². The molecule has 8 nitrogen and oxygen atoms in total. The summed E-state index contributed by atoms with van der Waals surface area (Å²) in [4.78, 5) is 13.4. The summed E-state index contributed by atoms with van der Waals surface area (Å²) < 4.78 is 9.85. The molecule has 0 aliphatic rings. The summed E-state index contributed by atoms with van der Waals surface area (Å²) in [6, 6.07) is 20.1. The number of aromatic nitrogens is 4. The molecule has 2 aromatic carbocycles. The molecule has 0 saturated carbocycles. The van der Waals surface area contributed by atoms with E-state index in [0.717, 1.165) is 44.5 Å². The van der Waals surface area contributed by atoms with Crippen LogP contribution in [0.1, 0.15) is 33.4 Å². The zero-order chi connectivity index (χ0) is 27.0. The normalized spacial score (nSPS) is 12.2. The Morgan fingerprint density at radius 2 is 1.79 bits per heavy atom. The minimum Gasteiger partial charge on any atom is -0.490 e. The van der Waals surface area contributed by atoms with Gasteiger partial charge in [0, 0.05) is 18.0 Å². The SMILES string of the molecule is CC(C)Oc1ccccc1-c1ccc2ncc3c(c2c1)n(-c1ccc(C(C)(C)C#N)nc1)/c(=N\C#N)n3C. The van der Waals surface area contributed by atoms with Crippen LogP contribution >= 0.6 is 0 Å². The molecule has 188 valence electrons. The Kier molecular flexibility index (Phi) is 6.18. The first-order chi connectivity index (χ1) is 18.2. The van der Waals surface area contributed by atoms with Gasteiger partial charge in [0.25, 0.3) is 0 Å². The number of ether oxygens (including phenoxy) is 1. The average molecular weight is 502 g/mol. The van der Waals surface area contributed by atoms with E-state index in [4.69, 9.17) is 9.72 Å². The van der Waals surface area contributed by atoms with Gasteiger partial charge in [0.2, 0.25) is 11.8 Å². The summed E-state index contributed by atoms with van der Waals surface area (Å²) in [5, 5.41) is 19.9. The van der Waals surface area contributed by atoms with E-state index < -0.39 is 5.41 Å². The highest BCUT2D eigenvalue weighted by atomic mass is 16.5. The number of nitriles is 2. The third kappa shape index (κ3) is 4.16. The second-order valence-corrected chi connectivity index (χ2v) is 9.93. The Balaban J connectivity index is 1.82. The van der Waals surface area contributed by atoms with Crippen LogP contribution in [0.2, 0.25) is 0 Å². The van der Waals surface area contributed by atoms with Gasteiger partial charge in [-0.3, -0.25) is 14.5 Å². The Labute approximate surface area is 220 Å². The summed E-state index contributed by atoms with van der Waals surface area (Å²) in [6.07, 6.45) is 5.48. The Hall–Kier alpha value is -4.95. The van der Waals surface area contributed by atoms with Crippen LogP contribution in [0.3, 0.4) is 0 Å². The maximum Gasteiger partial charge on any atom is 0.226 e. The predicted molar refractivity (Wildman–Crippen MR) is 146 cm³/mol. The highest BCUT2D eigenvalue weighted by Gasteiger charge is 2.22. The maximum atomic E-state index is 9.53. The molecule has 0 saturated heterocycles. The van der Waals surface area contributed by atoms with Gasteiger partial charge in [-0.05, 0) is 63.6 Å². The third-order valence-corrected chi connectivity index (χ3v) is 6.54. The van der Waals surface area contributed by atoms with Gasteiger partial charge in [-0.15, -0.1) is 4.99 Å². The number of hydrogen-bond acceptors (Lipinski definition) is 6. The van der Waals surface area contributed by atoms with E-state index in [9.17, 15) is 10.5 Å². The van der Waals surface area contributed by atoms with E-state index in [1.165, 1.54) is 0 Å². The number of aryl methyl sites for hydroxylation is 1. The van der Waals surface area contributed by atoms with E-state index >= 15 is 0 Å². The minimum atomic E-state index is -0.723. The summed E-state index contributed by atoms with van der Waals surface area (Å²) >= 11 is 0. The van der Waals surface area contributed by atoms with Gasteiger partial charge in [-0.1, -0.05) is 24.3 Å². The van der Waals surface area contributed by atoms with Crippen molar-refractivity contribution in [1.29, 1.82) is 10.5 Å². The highest BCUT2D eigenvalue weighted by molar-refractivity contribution is 6.04. The molecule has 0 aliphatic carbocycles. The molecule has 0 atom stereocenters. The van der Waals surface area contributed by atoms with Gasteiger partial charge in [0.05, 0.1) is 57.9 Å². The van der Waals surface area contributed by atoms with Gasteiger partial charge in [0.15, 0.2) is 0 Å². The minimum absolute atomic E-state index is 0.0397. The Morgan fingerprint density at radius 1 is 1.00 bits per heavy atom. The molecule has 3 heterocycles. The smallest absolute Gasteiger partial charge is 0.226 e. The lowest BCUT2D eigenvalue weighted by molar-refractivity contribution is 0.243. The highest BCUT2D eigenvalue weighted by Crippen LogP contribution is 2.34. The Morgan fingerprint density at radius 3 is 2.47 bits per heavy atom. The summed E-state index contributed by atoms with van der Waals surface area (Å²) in [5.74, 6) is 0.808. The second kappa shape index (κ2) is 9.49. The van der Waals surface area contributed by atoms with Crippen LogP contribution in [0.4, 0.5) is 0 Å². The molecule has 8 heteroatoms. The topological polar surface area (TPSA) is 105 Å². The first kappa shape index (κ1) is 24.7. The van der Waals surface area contributed by atoms with Gasteiger partial charge in [-0.2, -0.15) is 10.5 Å². The molecule has 0 N–H and O–H groups in total. The van der Waals surface area contributed by atoms with Crippen molar-refractivity contribution in [3.05, 3.63) is 78.3 Å². The summed E-state index contributed by atoms with van der Waals surface area (Å²) in [5.41, 5.74) is 5.56. The van der Waals surface area contributed by atoms with Crippen molar-refractivity contribution < 1.29 is 4.74 Å². The van der Waals surface area contributed by atoms with Gasteiger partial charge >= 0.3 is 0 Å². The number of fused-ring (bicyclic) bond motifs is 3. The fraction of sp³-hybridized carbons (Fsp3) is 0.233. The van der Waals surface area contributed by atoms with E-state index in [-0.39, 0.29) is 6.10 Å². The number of benzene rings is 2. The van der Waals surface area contributed by atoms with Gasteiger partial charge in [-0.25, -0.2) is 0 Å². The zero-order valence-electron chi connectivity index (χ0n) is 22.0. The van der Waals surface area contributed by atoms with Crippen molar-refractivity contribution in [2.24, 2.45) is 12.0 Å². The number of hydrogen-bond donors (Lipinski definition) is 0. The van der Waals surface area contributed by atoms with Crippen LogP contribution in [-0.4, -0.2) is 25.2 Å². The number of rotatable bonds is 5. The predicted octanol–water partition coefficient (Wildman–Crippen LogP) is 5.55. The van der Waals surface area contributed by atoms with Crippen LogP contribution in [0.25, 0.3) is 38.8 Å². The lowest BCUT2D eigenvalue weighted by atomic mass is 9.91. The molecule has 0 aliphatic heterocycles. The second-order valence-electron chi connectivity index (χ2n) is 9.93. The van der Waals surface area contributed by atoms with E-state index in [1.54, 1.807) is 12.4 Å². The lowest BCUT2D eigenvalue weighted by Gasteiger charge is -2.16. The van der Waals surface area contributed by atoms with E-state index in [1.807, 2.05) is 98.6 Å². The van der Waals surface area contributed by atoms with Crippen molar-refractivity contribution in [2.75, 3.05) is 0 Å². The molecule has 0 amide bonds. The molecule has 5 rings (SSSR count). The average Bonchev–Trinajstić information content (AvgIpc) is 3.20. The van der Waals surface area contributed by atoms with E-state index in [2.05, 4.69) is 22.1 Å². The summed E-state index contributed by atoms with van der Waals surface area (Å²) in [7, 11) is 1.86. The van der Waals surface area contributed by atoms with E-state index in [0.29, 0.717) is 11.3 Å². The largest absolute Gasteiger partial charge is 0.490 e. The van der Waals surface area contributed by atoms with Crippen molar-refractivity contribution >= 4 is 21.9 Å². The molecule has 3 aromatic heterocycles. The van der Waals surface area contributed by atoms with Crippen molar-refractivity contribution in [3.8, 4) is 34.8 Å². The molecule has 0 radical (unpaired) electrons. The number of imidazole rings is 1.